The number of hydrogen-bond acceptors (Lipinski definition) is 5. The minimum atomic E-state index is -0.435. The number of hydrogen-bond donors (Lipinski definition) is 2. The average molecular weight is 288 g/mol. The number of nitro benzene ring substituents is 1. The molecule has 2 N–H and O–H groups in total. The highest BCUT2D eigenvalue weighted by Gasteiger charge is 2.13. The molecule has 0 aliphatic heterocycles. The van der Waals surface area contributed by atoms with Crippen molar-refractivity contribution in [3.63, 3.8) is 0 Å². The Bertz CT molecular complexity index is 671. The van der Waals surface area contributed by atoms with Crippen molar-refractivity contribution in [1.82, 2.24) is 0 Å². The van der Waals surface area contributed by atoms with Crippen LogP contribution in [0, 0.1) is 17.0 Å². The van der Waals surface area contributed by atoms with E-state index in [1.807, 2.05) is 6.92 Å². The lowest BCUT2D eigenvalue weighted by Gasteiger charge is -2.10. The third-order valence-corrected chi connectivity index (χ3v) is 3.11. The lowest BCUT2D eigenvalue weighted by atomic mass is 10.1. The van der Waals surface area contributed by atoms with Crippen molar-refractivity contribution in [2.24, 2.45) is 0 Å². The van der Waals surface area contributed by atoms with Crippen LogP contribution in [-0.4, -0.2) is 17.1 Å². The molecule has 0 unspecified atom stereocenters. The summed E-state index contributed by atoms with van der Waals surface area (Å²) in [5.74, 6) is 0.634. The standard InChI is InChI=1S/C15H16N2O4/c1-10-3-6-14(17(19)20)13(7-10)16-9-11-4-5-12(21-2)8-15(11)18/h3-8,16,18H,9H2,1-2H3. The number of anilines is 1. The van der Waals surface area contributed by atoms with Gasteiger partial charge in [-0.05, 0) is 30.7 Å². The van der Waals surface area contributed by atoms with Crippen molar-refractivity contribution >= 4 is 11.4 Å². The number of rotatable bonds is 5. The second-order valence-corrected chi connectivity index (χ2v) is 4.63. The summed E-state index contributed by atoms with van der Waals surface area (Å²) in [5, 5.41) is 23.9. The lowest BCUT2D eigenvalue weighted by molar-refractivity contribution is -0.384. The highest BCUT2D eigenvalue weighted by Crippen LogP contribution is 2.28. The Morgan fingerprint density at radius 1 is 1.29 bits per heavy atom. The Balaban J connectivity index is 2.20. The number of nitro groups is 1. The number of benzene rings is 2. The predicted molar refractivity (Wildman–Crippen MR) is 79.8 cm³/mol. The molecule has 0 spiro atoms. The fraction of sp³-hybridized carbons (Fsp3) is 0.200. The van der Waals surface area contributed by atoms with Crippen LogP contribution in [-0.2, 0) is 6.54 Å². The van der Waals surface area contributed by atoms with Crippen LogP contribution >= 0.6 is 0 Å². The van der Waals surface area contributed by atoms with Gasteiger partial charge >= 0.3 is 0 Å². The first kappa shape index (κ1) is 14.6. The minimum Gasteiger partial charge on any atom is -0.507 e. The summed E-state index contributed by atoms with van der Waals surface area (Å²) >= 11 is 0. The second-order valence-electron chi connectivity index (χ2n) is 4.63. The highest BCUT2D eigenvalue weighted by molar-refractivity contribution is 5.63. The molecule has 0 aliphatic carbocycles. The summed E-state index contributed by atoms with van der Waals surface area (Å²) in [7, 11) is 1.52. The monoisotopic (exact) mass is 288 g/mol. The summed E-state index contributed by atoms with van der Waals surface area (Å²) in [6, 6.07) is 9.80. The number of aryl methyl sites for hydroxylation is 1. The molecule has 2 aromatic rings. The van der Waals surface area contributed by atoms with Crippen molar-refractivity contribution in [3.05, 3.63) is 57.6 Å². The zero-order chi connectivity index (χ0) is 15.4. The number of phenols is 1. The van der Waals surface area contributed by atoms with Crippen LogP contribution in [0.5, 0.6) is 11.5 Å². The van der Waals surface area contributed by atoms with E-state index in [0.717, 1.165) is 5.56 Å². The average Bonchev–Trinajstić information content (AvgIpc) is 2.45. The molecular formula is C15H16N2O4. The van der Waals surface area contributed by atoms with E-state index in [0.29, 0.717) is 17.0 Å². The van der Waals surface area contributed by atoms with Crippen LogP contribution < -0.4 is 10.1 Å². The third kappa shape index (κ3) is 3.42. The van der Waals surface area contributed by atoms with Crippen molar-refractivity contribution in [2.75, 3.05) is 12.4 Å². The van der Waals surface area contributed by atoms with Crippen LogP contribution in [0.25, 0.3) is 0 Å². The molecule has 2 aromatic carbocycles. The third-order valence-electron chi connectivity index (χ3n) is 3.11. The van der Waals surface area contributed by atoms with E-state index in [4.69, 9.17) is 4.74 Å². The van der Waals surface area contributed by atoms with Gasteiger partial charge in [0.1, 0.15) is 17.2 Å². The first-order chi connectivity index (χ1) is 10.0. The molecule has 0 atom stereocenters. The van der Waals surface area contributed by atoms with Gasteiger partial charge < -0.3 is 15.2 Å². The van der Waals surface area contributed by atoms with E-state index in [1.165, 1.54) is 19.2 Å². The molecule has 6 heteroatoms. The Hall–Kier alpha value is -2.76. The van der Waals surface area contributed by atoms with Gasteiger partial charge in [0.2, 0.25) is 0 Å². The summed E-state index contributed by atoms with van der Waals surface area (Å²) in [6.45, 7) is 2.14. The van der Waals surface area contributed by atoms with Crippen LogP contribution in [0.2, 0.25) is 0 Å². The van der Waals surface area contributed by atoms with Gasteiger partial charge in [0.15, 0.2) is 0 Å². The second kappa shape index (κ2) is 6.13. The smallest absolute Gasteiger partial charge is 0.292 e. The highest BCUT2D eigenvalue weighted by atomic mass is 16.6. The van der Waals surface area contributed by atoms with Crippen LogP contribution in [0.4, 0.5) is 11.4 Å². The molecule has 0 saturated carbocycles. The molecule has 6 nitrogen and oxygen atoms in total. The molecule has 110 valence electrons. The van der Waals surface area contributed by atoms with Gasteiger partial charge in [-0.15, -0.1) is 0 Å². The number of aromatic hydroxyl groups is 1. The fourth-order valence-corrected chi connectivity index (χ4v) is 1.96. The molecule has 0 amide bonds. The van der Waals surface area contributed by atoms with E-state index in [2.05, 4.69) is 5.32 Å². The van der Waals surface area contributed by atoms with Crippen molar-refractivity contribution in [2.45, 2.75) is 13.5 Å². The van der Waals surface area contributed by atoms with Crippen LogP contribution in [0.3, 0.4) is 0 Å². The summed E-state index contributed by atoms with van der Waals surface area (Å²) in [4.78, 5) is 10.6. The Morgan fingerprint density at radius 3 is 2.67 bits per heavy atom. The van der Waals surface area contributed by atoms with Gasteiger partial charge in [-0.3, -0.25) is 10.1 Å². The zero-order valence-electron chi connectivity index (χ0n) is 11.8. The van der Waals surface area contributed by atoms with Crippen molar-refractivity contribution in [3.8, 4) is 11.5 Å². The topological polar surface area (TPSA) is 84.6 Å². The maximum atomic E-state index is 11.0. The maximum absolute atomic E-state index is 11.0. The molecule has 0 bridgehead atoms. The lowest BCUT2D eigenvalue weighted by Crippen LogP contribution is -2.03. The van der Waals surface area contributed by atoms with Crippen LogP contribution in [0.15, 0.2) is 36.4 Å². The molecule has 0 aromatic heterocycles. The van der Waals surface area contributed by atoms with E-state index in [1.54, 1.807) is 24.3 Å². The molecule has 0 radical (unpaired) electrons. The number of nitrogens with one attached hydrogen (secondary N) is 1. The quantitative estimate of drug-likeness (QED) is 0.651. The summed E-state index contributed by atoms with van der Waals surface area (Å²) in [6.07, 6.45) is 0. The molecule has 0 aliphatic rings. The molecule has 21 heavy (non-hydrogen) atoms. The zero-order valence-corrected chi connectivity index (χ0v) is 11.8. The Kier molecular flexibility index (Phi) is 4.27. The minimum absolute atomic E-state index is 0.00796. The molecule has 0 fully saturated rings. The van der Waals surface area contributed by atoms with Crippen LogP contribution in [0.1, 0.15) is 11.1 Å². The van der Waals surface area contributed by atoms with E-state index in [9.17, 15) is 15.2 Å². The van der Waals surface area contributed by atoms with Gasteiger partial charge in [-0.1, -0.05) is 6.07 Å². The van der Waals surface area contributed by atoms with Gasteiger partial charge in [-0.2, -0.15) is 0 Å². The maximum Gasteiger partial charge on any atom is 0.292 e. The van der Waals surface area contributed by atoms with Gasteiger partial charge in [-0.25, -0.2) is 0 Å². The molecule has 0 saturated heterocycles. The van der Waals surface area contributed by atoms with Gasteiger partial charge in [0, 0.05) is 24.2 Å². The fourth-order valence-electron chi connectivity index (χ4n) is 1.96. The van der Waals surface area contributed by atoms with Crippen molar-refractivity contribution < 1.29 is 14.8 Å². The number of phenolic OH excluding ortho intramolecular Hbond substituents is 1. The van der Waals surface area contributed by atoms with E-state index in [-0.39, 0.29) is 18.0 Å². The number of nitrogens with zero attached hydrogens (tertiary/aromatic N) is 1. The summed E-state index contributed by atoms with van der Waals surface area (Å²) in [5.41, 5.74) is 1.98. The van der Waals surface area contributed by atoms with E-state index < -0.39 is 4.92 Å². The Morgan fingerprint density at radius 2 is 2.05 bits per heavy atom. The van der Waals surface area contributed by atoms with E-state index >= 15 is 0 Å². The normalized spacial score (nSPS) is 10.2. The first-order valence-corrected chi connectivity index (χ1v) is 6.36. The SMILES string of the molecule is COc1ccc(CNc2cc(C)ccc2[N+](=O)[O-])c(O)c1. The number of methoxy groups -OCH3 is 1. The first-order valence-electron chi connectivity index (χ1n) is 6.36. The van der Waals surface area contributed by atoms with Crippen molar-refractivity contribution in [1.29, 1.82) is 0 Å². The largest absolute Gasteiger partial charge is 0.507 e. The van der Waals surface area contributed by atoms with Gasteiger partial charge in [0.05, 0.1) is 12.0 Å². The molecule has 0 heterocycles. The molecule has 2 rings (SSSR count). The predicted octanol–water partition coefficient (Wildman–Crippen LogP) is 3.23. The summed E-state index contributed by atoms with van der Waals surface area (Å²) < 4.78 is 5.01. The number of ether oxygens (including phenoxy) is 1. The van der Waals surface area contributed by atoms with Gasteiger partial charge in [0.25, 0.3) is 5.69 Å². The Labute approximate surface area is 122 Å². The molecular weight excluding hydrogens is 272 g/mol.